The van der Waals surface area contributed by atoms with Gasteiger partial charge in [-0.2, -0.15) is 0 Å². The van der Waals surface area contributed by atoms with Crippen LogP contribution >= 0.6 is 0 Å². The summed E-state index contributed by atoms with van der Waals surface area (Å²) in [5, 5.41) is 3.50. The summed E-state index contributed by atoms with van der Waals surface area (Å²) in [6.45, 7) is 5.35. The average Bonchev–Trinajstić information content (AvgIpc) is 2.48. The molecule has 2 unspecified atom stereocenters. The highest BCUT2D eigenvalue weighted by Crippen LogP contribution is 2.41. The SMILES string of the molecule is CCNC1CC(C2CCC(C)CC2)Oc2ccc(F)cc21. The molecule has 3 rings (SSSR count). The summed E-state index contributed by atoms with van der Waals surface area (Å²) in [6, 6.07) is 5.15. The number of ether oxygens (including phenoxy) is 1. The lowest BCUT2D eigenvalue weighted by atomic mass is 9.77. The van der Waals surface area contributed by atoms with Crippen LogP contribution in [0.25, 0.3) is 0 Å². The van der Waals surface area contributed by atoms with E-state index >= 15 is 0 Å². The number of nitrogens with one attached hydrogen (secondary N) is 1. The maximum atomic E-state index is 13.5. The van der Waals surface area contributed by atoms with Crippen LogP contribution in [0.2, 0.25) is 0 Å². The van der Waals surface area contributed by atoms with Crippen molar-refractivity contribution in [2.75, 3.05) is 6.54 Å². The highest BCUT2D eigenvalue weighted by molar-refractivity contribution is 5.38. The fraction of sp³-hybridized carbons (Fsp3) is 0.667. The first-order valence-electron chi connectivity index (χ1n) is 8.37. The number of hydrogen-bond donors (Lipinski definition) is 1. The minimum atomic E-state index is -0.176. The Morgan fingerprint density at radius 3 is 2.71 bits per heavy atom. The van der Waals surface area contributed by atoms with Crippen molar-refractivity contribution in [3.8, 4) is 5.75 Å². The van der Waals surface area contributed by atoms with Crippen LogP contribution in [0, 0.1) is 17.7 Å². The average molecular weight is 291 g/mol. The number of fused-ring (bicyclic) bond motifs is 1. The topological polar surface area (TPSA) is 21.3 Å². The van der Waals surface area contributed by atoms with Crippen molar-refractivity contribution in [1.82, 2.24) is 5.32 Å². The minimum Gasteiger partial charge on any atom is -0.490 e. The summed E-state index contributed by atoms with van der Waals surface area (Å²) >= 11 is 0. The predicted molar refractivity (Wildman–Crippen MR) is 83.0 cm³/mol. The van der Waals surface area contributed by atoms with Gasteiger partial charge in [0.05, 0.1) is 0 Å². The van der Waals surface area contributed by atoms with Crippen molar-refractivity contribution >= 4 is 0 Å². The summed E-state index contributed by atoms with van der Waals surface area (Å²) < 4.78 is 19.8. The van der Waals surface area contributed by atoms with E-state index < -0.39 is 0 Å². The Hall–Kier alpha value is -1.09. The Bertz CT molecular complexity index is 482. The molecule has 1 aromatic carbocycles. The second-order valence-electron chi connectivity index (χ2n) is 6.70. The van der Waals surface area contributed by atoms with Crippen LogP contribution in [-0.2, 0) is 0 Å². The molecule has 1 heterocycles. The minimum absolute atomic E-state index is 0.176. The molecular formula is C18H26FNO. The first-order chi connectivity index (χ1) is 10.2. The summed E-state index contributed by atoms with van der Waals surface area (Å²) in [5.74, 6) is 2.21. The molecule has 1 aliphatic carbocycles. The van der Waals surface area contributed by atoms with Gasteiger partial charge in [0.1, 0.15) is 17.7 Å². The number of hydrogen-bond acceptors (Lipinski definition) is 2. The Labute approximate surface area is 127 Å². The highest BCUT2D eigenvalue weighted by atomic mass is 19.1. The zero-order valence-corrected chi connectivity index (χ0v) is 13.1. The van der Waals surface area contributed by atoms with E-state index in [0.29, 0.717) is 5.92 Å². The number of rotatable bonds is 3. The van der Waals surface area contributed by atoms with Gasteiger partial charge in [-0.1, -0.05) is 26.7 Å². The molecule has 0 spiro atoms. The van der Waals surface area contributed by atoms with Crippen LogP contribution in [0.4, 0.5) is 4.39 Å². The Kier molecular flexibility index (Phi) is 4.48. The van der Waals surface area contributed by atoms with Gasteiger partial charge < -0.3 is 10.1 Å². The third kappa shape index (κ3) is 3.23. The second-order valence-corrected chi connectivity index (χ2v) is 6.70. The first-order valence-corrected chi connectivity index (χ1v) is 8.37. The van der Waals surface area contributed by atoms with Crippen molar-refractivity contribution in [3.05, 3.63) is 29.6 Å². The monoisotopic (exact) mass is 291 g/mol. The molecule has 2 aliphatic rings. The molecule has 1 N–H and O–H groups in total. The molecule has 0 aromatic heterocycles. The maximum Gasteiger partial charge on any atom is 0.124 e. The molecule has 0 saturated heterocycles. The van der Waals surface area contributed by atoms with E-state index in [9.17, 15) is 4.39 Å². The largest absolute Gasteiger partial charge is 0.490 e. The van der Waals surface area contributed by atoms with Crippen molar-refractivity contribution in [3.63, 3.8) is 0 Å². The van der Waals surface area contributed by atoms with Crippen LogP contribution in [0.15, 0.2) is 18.2 Å². The normalized spacial score (nSPS) is 32.3. The lowest BCUT2D eigenvalue weighted by Crippen LogP contribution is -2.38. The molecule has 2 atom stereocenters. The van der Waals surface area contributed by atoms with Crippen LogP contribution in [-0.4, -0.2) is 12.6 Å². The molecule has 1 saturated carbocycles. The van der Waals surface area contributed by atoms with Crippen molar-refractivity contribution in [2.24, 2.45) is 11.8 Å². The van der Waals surface area contributed by atoms with Gasteiger partial charge >= 0.3 is 0 Å². The highest BCUT2D eigenvalue weighted by Gasteiger charge is 2.34. The van der Waals surface area contributed by atoms with E-state index in [-0.39, 0.29) is 18.0 Å². The number of halogens is 1. The Morgan fingerprint density at radius 1 is 1.24 bits per heavy atom. The quantitative estimate of drug-likeness (QED) is 0.888. The van der Waals surface area contributed by atoms with Gasteiger partial charge in [-0.15, -0.1) is 0 Å². The standard InChI is InChI=1S/C18H26FNO/c1-3-20-16-11-18(13-6-4-12(2)5-7-13)21-17-9-8-14(19)10-15(16)17/h8-10,12-13,16,18,20H,3-7,11H2,1-2H3. The van der Waals surface area contributed by atoms with Crippen LogP contribution in [0.5, 0.6) is 5.75 Å². The van der Waals surface area contributed by atoms with E-state index in [0.717, 1.165) is 30.2 Å². The van der Waals surface area contributed by atoms with Gasteiger partial charge in [0.2, 0.25) is 0 Å². The third-order valence-corrected chi connectivity index (χ3v) is 5.13. The molecule has 2 nitrogen and oxygen atoms in total. The maximum absolute atomic E-state index is 13.5. The van der Waals surface area contributed by atoms with Crippen LogP contribution in [0.1, 0.15) is 57.6 Å². The van der Waals surface area contributed by atoms with Crippen LogP contribution < -0.4 is 10.1 Å². The van der Waals surface area contributed by atoms with E-state index in [1.165, 1.54) is 31.7 Å². The zero-order valence-electron chi connectivity index (χ0n) is 13.1. The molecule has 0 radical (unpaired) electrons. The van der Waals surface area contributed by atoms with Crippen molar-refractivity contribution in [2.45, 2.75) is 58.1 Å². The lowest BCUT2D eigenvalue weighted by molar-refractivity contribution is 0.0652. The molecule has 0 bridgehead atoms. The van der Waals surface area contributed by atoms with Gasteiger partial charge in [0.25, 0.3) is 0 Å². The molecule has 21 heavy (non-hydrogen) atoms. The molecule has 1 aliphatic heterocycles. The second kappa shape index (κ2) is 6.35. The fourth-order valence-corrected chi connectivity index (χ4v) is 3.86. The van der Waals surface area contributed by atoms with Gasteiger partial charge in [-0.25, -0.2) is 4.39 Å². The van der Waals surface area contributed by atoms with E-state index in [1.807, 2.05) is 0 Å². The lowest BCUT2D eigenvalue weighted by Gasteiger charge is -2.39. The fourth-order valence-electron chi connectivity index (χ4n) is 3.86. The Balaban J connectivity index is 1.79. The van der Waals surface area contributed by atoms with Crippen LogP contribution in [0.3, 0.4) is 0 Å². The predicted octanol–water partition coefficient (Wildman–Crippen LogP) is 4.45. The van der Waals surface area contributed by atoms with E-state index in [4.69, 9.17) is 4.74 Å². The van der Waals surface area contributed by atoms with Gasteiger partial charge in [-0.05, 0) is 49.4 Å². The molecule has 1 fully saturated rings. The van der Waals surface area contributed by atoms with Gasteiger partial charge in [0.15, 0.2) is 0 Å². The Morgan fingerprint density at radius 2 is 2.00 bits per heavy atom. The molecular weight excluding hydrogens is 265 g/mol. The summed E-state index contributed by atoms with van der Waals surface area (Å²) in [6.07, 6.45) is 6.39. The molecule has 116 valence electrons. The van der Waals surface area contributed by atoms with Gasteiger partial charge in [0, 0.05) is 18.0 Å². The molecule has 1 aromatic rings. The summed E-state index contributed by atoms with van der Waals surface area (Å²) in [7, 11) is 0. The van der Waals surface area contributed by atoms with Gasteiger partial charge in [-0.3, -0.25) is 0 Å². The molecule has 3 heteroatoms. The third-order valence-electron chi connectivity index (χ3n) is 5.13. The smallest absolute Gasteiger partial charge is 0.124 e. The number of benzene rings is 1. The summed E-state index contributed by atoms with van der Waals surface area (Å²) in [5.41, 5.74) is 0.984. The first kappa shape index (κ1) is 14.8. The molecule has 0 amide bonds. The van der Waals surface area contributed by atoms with Crippen molar-refractivity contribution < 1.29 is 9.13 Å². The van der Waals surface area contributed by atoms with E-state index in [2.05, 4.69) is 19.2 Å². The summed E-state index contributed by atoms with van der Waals surface area (Å²) in [4.78, 5) is 0. The van der Waals surface area contributed by atoms with E-state index in [1.54, 1.807) is 12.1 Å². The van der Waals surface area contributed by atoms with Crippen molar-refractivity contribution in [1.29, 1.82) is 0 Å². The zero-order chi connectivity index (χ0) is 14.8.